The number of pyridine rings is 1. The van der Waals surface area contributed by atoms with Gasteiger partial charge in [0.05, 0.1) is 17.4 Å². The van der Waals surface area contributed by atoms with Crippen LogP contribution >= 0.6 is 0 Å². The summed E-state index contributed by atoms with van der Waals surface area (Å²) in [6.07, 6.45) is -1.48. The first-order valence-corrected chi connectivity index (χ1v) is 7.64. The number of fused-ring (bicyclic) bond motifs is 1. The Kier molecular flexibility index (Phi) is 4.27. The lowest BCUT2D eigenvalue weighted by Gasteiger charge is -2.08. The molecule has 1 aromatic carbocycles. The molecular weight excluding hydrogens is 347 g/mol. The molecule has 0 aliphatic carbocycles. The van der Waals surface area contributed by atoms with E-state index in [1.54, 1.807) is 19.2 Å². The van der Waals surface area contributed by atoms with Crippen LogP contribution in [-0.4, -0.2) is 21.4 Å². The Bertz CT molecular complexity index is 1000. The predicted octanol–water partition coefficient (Wildman–Crippen LogP) is 4.01. The van der Waals surface area contributed by atoms with Gasteiger partial charge < -0.3 is 5.32 Å². The van der Waals surface area contributed by atoms with E-state index in [1.807, 2.05) is 0 Å². The highest BCUT2D eigenvalue weighted by Gasteiger charge is 2.30. The minimum Gasteiger partial charge on any atom is -0.325 e. The molecule has 0 saturated heterocycles. The van der Waals surface area contributed by atoms with Gasteiger partial charge in [0.15, 0.2) is 0 Å². The van der Waals surface area contributed by atoms with E-state index in [0.29, 0.717) is 16.7 Å². The Morgan fingerprint density at radius 3 is 2.38 bits per heavy atom. The van der Waals surface area contributed by atoms with E-state index < -0.39 is 17.6 Å². The van der Waals surface area contributed by atoms with Crippen molar-refractivity contribution < 1.29 is 22.8 Å². The Hall–Kier alpha value is -3.16. The van der Waals surface area contributed by atoms with Crippen LogP contribution < -0.4 is 5.32 Å². The van der Waals surface area contributed by atoms with Crippen LogP contribution in [0.2, 0.25) is 0 Å². The molecule has 0 unspecified atom stereocenters. The molecule has 2 aromatic heterocycles. The van der Waals surface area contributed by atoms with Gasteiger partial charge in [-0.25, -0.2) is 4.98 Å². The third-order valence-electron chi connectivity index (χ3n) is 3.84. The quantitative estimate of drug-likeness (QED) is 0.750. The van der Waals surface area contributed by atoms with E-state index in [1.165, 1.54) is 17.7 Å². The van der Waals surface area contributed by atoms with Crippen molar-refractivity contribution >= 4 is 28.5 Å². The minimum atomic E-state index is -4.46. The molecule has 3 aromatic rings. The van der Waals surface area contributed by atoms with Crippen molar-refractivity contribution in [2.75, 3.05) is 5.32 Å². The number of carbonyl (C=O) groups excluding carboxylic acids is 2. The standard InChI is InChI=1S/C18H14F3N3O2/c1-10-9-24(16-15(10)7-14(8-22-16)23-11(2)25)17(26)12-3-5-13(6-4-12)18(19,20)21/h3-9H,1-2H3,(H,23,25). The van der Waals surface area contributed by atoms with Crippen LogP contribution in [0.15, 0.2) is 42.7 Å². The van der Waals surface area contributed by atoms with E-state index in [4.69, 9.17) is 0 Å². The number of benzene rings is 1. The number of nitrogens with one attached hydrogen (secondary N) is 1. The highest BCUT2D eigenvalue weighted by Crippen LogP contribution is 2.29. The minimum absolute atomic E-state index is 0.114. The van der Waals surface area contributed by atoms with Crippen molar-refractivity contribution in [1.82, 2.24) is 9.55 Å². The molecule has 1 N–H and O–H groups in total. The van der Waals surface area contributed by atoms with Gasteiger partial charge in [0, 0.05) is 24.1 Å². The second kappa shape index (κ2) is 6.29. The van der Waals surface area contributed by atoms with Crippen molar-refractivity contribution in [2.45, 2.75) is 20.0 Å². The van der Waals surface area contributed by atoms with E-state index in [2.05, 4.69) is 10.3 Å². The van der Waals surface area contributed by atoms with Gasteiger partial charge in [-0.3, -0.25) is 14.2 Å². The average Bonchev–Trinajstić information content (AvgIpc) is 2.89. The number of nitrogens with zero attached hydrogens (tertiary/aromatic N) is 2. The Balaban J connectivity index is 1.99. The summed E-state index contributed by atoms with van der Waals surface area (Å²) in [6, 6.07) is 5.70. The number of rotatable bonds is 2. The van der Waals surface area contributed by atoms with E-state index in [-0.39, 0.29) is 11.5 Å². The lowest BCUT2D eigenvalue weighted by Crippen LogP contribution is -2.12. The van der Waals surface area contributed by atoms with Gasteiger partial charge in [-0.15, -0.1) is 0 Å². The Morgan fingerprint density at radius 1 is 1.15 bits per heavy atom. The molecule has 0 atom stereocenters. The fraction of sp³-hybridized carbons (Fsp3) is 0.167. The molecule has 0 fully saturated rings. The molecule has 2 heterocycles. The first-order valence-electron chi connectivity index (χ1n) is 7.64. The smallest absolute Gasteiger partial charge is 0.325 e. The van der Waals surface area contributed by atoms with Crippen LogP contribution in [0, 0.1) is 6.92 Å². The molecule has 1 amide bonds. The summed E-state index contributed by atoms with van der Waals surface area (Å²) >= 11 is 0. The molecule has 0 aliphatic rings. The van der Waals surface area contributed by atoms with Gasteiger partial charge in [-0.2, -0.15) is 13.2 Å². The lowest BCUT2D eigenvalue weighted by molar-refractivity contribution is -0.137. The van der Waals surface area contributed by atoms with Gasteiger partial charge >= 0.3 is 6.18 Å². The van der Waals surface area contributed by atoms with Crippen molar-refractivity contribution in [3.63, 3.8) is 0 Å². The lowest BCUT2D eigenvalue weighted by atomic mass is 10.1. The molecule has 0 radical (unpaired) electrons. The Labute approximate surface area is 146 Å². The second-order valence-electron chi connectivity index (χ2n) is 5.84. The molecule has 0 aliphatic heterocycles. The number of anilines is 1. The van der Waals surface area contributed by atoms with Crippen LogP contribution in [-0.2, 0) is 11.0 Å². The second-order valence-corrected chi connectivity index (χ2v) is 5.84. The number of hydrogen-bond acceptors (Lipinski definition) is 3. The summed E-state index contributed by atoms with van der Waals surface area (Å²) in [4.78, 5) is 28.0. The molecule has 3 rings (SSSR count). The average molecular weight is 361 g/mol. The molecule has 0 spiro atoms. The number of aromatic nitrogens is 2. The van der Waals surface area contributed by atoms with Gasteiger partial charge in [-0.1, -0.05) is 0 Å². The first-order chi connectivity index (χ1) is 12.2. The van der Waals surface area contributed by atoms with Crippen LogP contribution in [0.25, 0.3) is 11.0 Å². The maximum atomic E-state index is 12.7. The first kappa shape index (κ1) is 17.7. The molecular formula is C18H14F3N3O2. The van der Waals surface area contributed by atoms with Crippen LogP contribution in [0.5, 0.6) is 0 Å². The summed E-state index contributed by atoms with van der Waals surface area (Å²) in [5.74, 6) is -0.735. The number of amides is 1. The van der Waals surface area contributed by atoms with Gasteiger partial charge in [0.1, 0.15) is 5.65 Å². The van der Waals surface area contributed by atoms with Crippen molar-refractivity contribution in [3.05, 3.63) is 59.4 Å². The zero-order chi connectivity index (χ0) is 19.1. The maximum absolute atomic E-state index is 12.7. The summed E-state index contributed by atoms with van der Waals surface area (Å²) in [5.41, 5.74) is 0.901. The molecule has 0 saturated carbocycles. The number of halogens is 3. The topological polar surface area (TPSA) is 64.0 Å². The van der Waals surface area contributed by atoms with Crippen molar-refractivity contribution in [2.24, 2.45) is 0 Å². The van der Waals surface area contributed by atoms with Gasteiger partial charge in [-0.05, 0) is 42.8 Å². The van der Waals surface area contributed by atoms with Crippen molar-refractivity contribution in [3.8, 4) is 0 Å². The SMILES string of the molecule is CC(=O)Nc1cnc2c(c1)c(C)cn2C(=O)c1ccc(C(F)(F)F)cc1. The van der Waals surface area contributed by atoms with E-state index in [0.717, 1.165) is 29.8 Å². The van der Waals surface area contributed by atoms with E-state index in [9.17, 15) is 22.8 Å². The highest BCUT2D eigenvalue weighted by molar-refractivity contribution is 6.02. The van der Waals surface area contributed by atoms with Crippen LogP contribution in [0.1, 0.15) is 28.4 Å². The summed E-state index contributed by atoms with van der Waals surface area (Å²) < 4.78 is 39.2. The molecule has 26 heavy (non-hydrogen) atoms. The van der Waals surface area contributed by atoms with E-state index >= 15 is 0 Å². The number of aryl methyl sites for hydroxylation is 1. The summed E-state index contributed by atoms with van der Waals surface area (Å²) in [6.45, 7) is 3.15. The Morgan fingerprint density at radius 2 is 1.81 bits per heavy atom. The summed E-state index contributed by atoms with van der Waals surface area (Å²) in [5, 5.41) is 3.28. The van der Waals surface area contributed by atoms with Crippen molar-refractivity contribution in [1.29, 1.82) is 0 Å². The number of carbonyl (C=O) groups is 2. The molecule has 134 valence electrons. The normalized spacial score (nSPS) is 11.6. The summed E-state index contributed by atoms with van der Waals surface area (Å²) in [7, 11) is 0. The van der Waals surface area contributed by atoms with Crippen LogP contribution in [0.4, 0.5) is 18.9 Å². The fourth-order valence-electron chi connectivity index (χ4n) is 2.63. The highest BCUT2D eigenvalue weighted by atomic mass is 19.4. The third-order valence-corrected chi connectivity index (χ3v) is 3.84. The third kappa shape index (κ3) is 3.30. The number of alkyl halides is 3. The zero-order valence-corrected chi connectivity index (χ0v) is 13.9. The maximum Gasteiger partial charge on any atom is 0.416 e. The van der Waals surface area contributed by atoms with Gasteiger partial charge in [0.25, 0.3) is 5.91 Å². The monoisotopic (exact) mass is 361 g/mol. The van der Waals surface area contributed by atoms with Crippen LogP contribution in [0.3, 0.4) is 0 Å². The largest absolute Gasteiger partial charge is 0.416 e. The molecule has 5 nitrogen and oxygen atoms in total. The fourth-order valence-corrected chi connectivity index (χ4v) is 2.63. The number of hydrogen-bond donors (Lipinski definition) is 1. The zero-order valence-electron chi connectivity index (χ0n) is 13.9. The predicted molar refractivity (Wildman–Crippen MR) is 89.9 cm³/mol. The van der Waals surface area contributed by atoms with Gasteiger partial charge in [0.2, 0.25) is 5.91 Å². The molecule has 8 heteroatoms. The molecule has 0 bridgehead atoms.